The second-order valence-corrected chi connectivity index (χ2v) is 13.1. The molecule has 3 aromatic carbocycles. The minimum absolute atomic E-state index is 0. The summed E-state index contributed by atoms with van der Waals surface area (Å²) in [4.78, 5) is 18.2. The quantitative estimate of drug-likeness (QED) is 0.0676. The first-order chi connectivity index (χ1) is 24.4. The van der Waals surface area contributed by atoms with Gasteiger partial charge in [0.25, 0.3) is 5.91 Å². The summed E-state index contributed by atoms with van der Waals surface area (Å²) in [6.07, 6.45) is 4.50. The number of pyridine rings is 1. The van der Waals surface area contributed by atoms with Crippen molar-refractivity contribution < 1.29 is 29.3 Å². The molecule has 1 aromatic heterocycles. The van der Waals surface area contributed by atoms with Crippen LogP contribution in [0, 0.1) is 28.5 Å². The van der Waals surface area contributed by atoms with Gasteiger partial charge in [-0.2, -0.15) is 10.5 Å². The molecule has 5 rings (SSSR count). The number of aromatic nitrogens is 1. The maximum Gasteiger partial charge on any atom is 0.267 e. The molecule has 1 amide bonds. The van der Waals surface area contributed by atoms with E-state index in [0.717, 1.165) is 29.5 Å². The van der Waals surface area contributed by atoms with Gasteiger partial charge >= 0.3 is 0 Å². The Morgan fingerprint density at radius 1 is 1.08 bits per heavy atom. The fourth-order valence-corrected chi connectivity index (χ4v) is 5.94. The van der Waals surface area contributed by atoms with Crippen molar-refractivity contribution in [2.24, 2.45) is 0 Å². The highest BCUT2D eigenvalue weighted by Gasteiger charge is 2.26. The molecule has 11 nitrogen and oxygen atoms in total. The zero-order valence-electron chi connectivity index (χ0n) is 29.0. The van der Waals surface area contributed by atoms with Crippen molar-refractivity contribution in [2.75, 3.05) is 24.6 Å². The van der Waals surface area contributed by atoms with Crippen molar-refractivity contribution in [1.82, 2.24) is 15.8 Å². The number of hydroxylamine groups is 1. The number of carbonyl (C=O) groups is 1. The molecular formula is C39H40ClFN6O5. The Kier molecular flexibility index (Phi) is 13.0. The largest absolute Gasteiger partial charge is 0.504 e. The fraction of sp³-hybridized carbons (Fsp3) is 0.282. The van der Waals surface area contributed by atoms with Gasteiger partial charge in [-0.15, -0.1) is 12.4 Å². The van der Waals surface area contributed by atoms with E-state index in [-0.39, 0.29) is 47.7 Å². The predicted octanol–water partition coefficient (Wildman–Crippen LogP) is 6.24. The number of nitriles is 2. The van der Waals surface area contributed by atoms with E-state index < -0.39 is 17.3 Å². The van der Waals surface area contributed by atoms with Crippen LogP contribution in [-0.4, -0.2) is 57.7 Å². The van der Waals surface area contributed by atoms with Gasteiger partial charge in [-0.25, -0.2) is 14.9 Å². The molecule has 5 N–H and O–H groups in total. The van der Waals surface area contributed by atoms with E-state index in [1.54, 1.807) is 50.6 Å². The SMILES string of the molecule is C/C(=C\C(=O)NO)c1ccc(CNC2CCN(c3ncc(-c4ccc(OCC(C)(C)O)c(O)c4)c(-c4ccc(C#N)c(F)c4)c3C#N)CC2)cc1.Cl. The van der Waals surface area contributed by atoms with Crippen molar-refractivity contribution in [2.45, 2.75) is 51.8 Å². The lowest BCUT2D eigenvalue weighted by molar-refractivity contribution is -0.124. The average Bonchev–Trinajstić information content (AvgIpc) is 3.12. The van der Waals surface area contributed by atoms with Crippen molar-refractivity contribution in [3.63, 3.8) is 0 Å². The van der Waals surface area contributed by atoms with Crippen molar-refractivity contribution in [3.05, 3.63) is 101 Å². The first-order valence-corrected chi connectivity index (χ1v) is 16.4. The van der Waals surface area contributed by atoms with Gasteiger partial charge in [0.15, 0.2) is 11.5 Å². The first-order valence-electron chi connectivity index (χ1n) is 16.4. The standard InChI is InChI=1S/C39H39FN6O5.ClH/c1-24(16-36(48)45-50)26-6-4-25(5-7-26)21-43-30-12-14-46(15-13-30)38-31(20-42)37(28-8-9-29(19-41)33(40)17-28)32(22-44-38)27-10-11-35(34(47)18-27)51-23-39(2,3)49;/h4-11,16-18,22,30,43,47,49-50H,12-15,21,23H2,1-3H3,(H,45,48);1H/b24-16+;. The summed E-state index contributed by atoms with van der Waals surface area (Å²) in [7, 11) is 0. The summed E-state index contributed by atoms with van der Waals surface area (Å²) in [5, 5.41) is 53.1. The van der Waals surface area contributed by atoms with Crippen LogP contribution in [0.25, 0.3) is 27.8 Å². The molecule has 2 heterocycles. The predicted molar refractivity (Wildman–Crippen MR) is 197 cm³/mol. The average molecular weight is 727 g/mol. The van der Waals surface area contributed by atoms with E-state index in [0.29, 0.717) is 47.7 Å². The van der Waals surface area contributed by atoms with Gasteiger partial charge in [-0.05, 0) is 85.7 Å². The normalized spacial score (nSPS) is 13.5. The molecule has 0 spiro atoms. The van der Waals surface area contributed by atoms with Crippen LogP contribution in [0.1, 0.15) is 55.9 Å². The highest BCUT2D eigenvalue weighted by molar-refractivity contribution is 5.94. The number of halogens is 2. The zero-order chi connectivity index (χ0) is 36.7. The summed E-state index contributed by atoms with van der Waals surface area (Å²) in [6, 6.07) is 21.1. The number of allylic oxidation sites excluding steroid dienone is 1. The van der Waals surface area contributed by atoms with Crippen LogP contribution in [-0.2, 0) is 11.3 Å². The highest BCUT2D eigenvalue weighted by Crippen LogP contribution is 2.41. The highest BCUT2D eigenvalue weighted by atomic mass is 35.5. The van der Waals surface area contributed by atoms with Crippen molar-refractivity contribution in [3.8, 4) is 45.9 Å². The van der Waals surface area contributed by atoms with Gasteiger partial charge < -0.3 is 25.2 Å². The number of amides is 1. The molecule has 13 heteroatoms. The molecule has 0 unspecified atom stereocenters. The van der Waals surface area contributed by atoms with Crippen LogP contribution < -0.4 is 20.4 Å². The number of rotatable bonds is 11. The van der Waals surface area contributed by atoms with Gasteiger partial charge in [0.2, 0.25) is 0 Å². The number of nitrogens with zero attached hydrogens (tertiary/aromatic N) is 4. The summed E-state index contributed by atoms with van der Waals surface area (Å²) < 4.78 is 20.6. The van der Waals surface area contributed by atoms with E-state index in [4.69, 9.17) is 14.9 Å². The number of anilines is 1. The van der Waals surface area contributed by atoms with Crippen LogP contribution >= 0.6 is 12.4 Å². The third-order valence-corrected chi connectivity index (χ3v) is 8.66. The Balaban J connectivity index is 0.00000605. The summed E-state index contributed by atoms with van der Waals surface area (Å²) in [5.41, 5.74) is 5.07. The van der Waals surface area contributed by atoms with E-state index in [9.17, 15) is 29.9 Å². The van der Waals surface area contributed by atoms with Crippen LogP contribution in [0.2, 0.25) is 0 Å². The zero-order valence-corrected chi connectivity index (χ0v) is 29.8. The van der Waals surface area contributed by atoms with Gasteiger partial charge in [0.05, 0.1) is 11.2 Å². The van der Waals surface area contributed by atoms with E-state index in [1.807, 2.05) is 35.2 Å². The lowest BCUT2D eigenvalue weighted by Gasteiger charge is -2.34. The van der Waals surface area contributed by atoms with Gasteiger partial charge in [0.1, 0.15) is 35.9 Å². The van der Waals surface area contributed by atoms with E-state index >= 15 is 0 Å². The fourth-order valence-electron chi connectivity index (χ4n) is 5.94. The van der Waals surface area contributed by atoms with E-state index in [1.165, 1.54) is 24.3 Å². The smallest absolute Gasteiger partial charge is 0.267 e. The molecule has 4 aromatic rings. The summed E-state index contributed by atoms with van der Waals surface area (Å²) in [5.74, 6) is -0.854. The van der Waals surface area contributed by atoms with E-state index in [2.05, 4.69) is 11.4 Å². The maximum atomic E-state index is 15.0. The van der Waals surface area contributed by atoms with Crippen molar-refractivity contribution >= 4 is 29.7 Å². The number of aliphatic hydroxyl groups is 1. The summed E-state index contributed by atoms with van der Waals surface area (Å²) >= 11 is 0. The number of aromatic hydroxyl groups is 1. The van der Waals surface area contributed by atoms with Crippen LogP contribution in [0.15, 0.2) is 72.9 Å². The minimum atomic E-state index is -1.11. The number of carbonyl (C=O) groups excluding carboxylic acids is 1. The number of nitrogens with one attached hydrogen (secondary N) is 2. The van der Waals surface area contributed by atoms with Crippen LogP contribution in [0.3, 0.4) is 0 Å². The molecule has 1 aliphatic rings. The third-order valence-electron chi connectivity index (χ3n) is 8.66. The number of phenols is 1. The Bertz CT molecular complexity index is 2030. The maximum absolute atomic E-state index is 15.0. The molecule has 270 valence electrons. The summed E-state index contributed by atoms with van der Waals surface area (Å²) in [6.45, 7) is 6.79. The molecule has 52 heavy (non-hydrogen) atoms. The molecular weight excluding hydrogens is 687 g/mol. The number of phenolic OH excluding ortho intramolecular Hbond substituents is 1. The second-order valence-electron chi connectivity index (χ2n) is 13.1. The van der Waals surface area contributed by atoms with Crippen molar-refractivity contribution in [1.29, 1.82) is 10.5 Å². The molecule has 1 fully saturated rings. The number of ether oxygens (including phenoxy) is 1. The molecule has 1 saturated heterocycles. The lowest BCUT2D eigenvalue weighted by atomic mass is 9.91. The molecule has 0 saturated carbocycles. The number of piperidine rings is 1. The lowest BCUT2D eigenvalue weighted by Crippen LogP contribution is -2.42. The third kappa shape index (κ3) is 9.43. The molecule has 0 radical (unpaired) electrons. The molecule has 1 aliphatic heterocycles. The number of hydrogen-bond acceptors (Lipinski definition) is 10. The monoisotopic (exact) mass is 726 g/mol. The Morgan fingerprint density at radius 2 is 1.77 bits per heavy atom. The minimum Gasteiger partial charge on any atom is -0.504 e. The first kappa shape index (κ1) is 39.3. The number of hydrogen-bond donors (Lipinski definition) is 5. The molecule has 0 atom stereocenters. The van der Waals surface area contributed by atoms with Gasteiger partial charge in [-0.3, -0.25) is 10.0 Å². The Labute approximate surface area is 308 Å². The topological polar surface area (TPSA) is 175 Å². The second kappa shape index (κ2) is 17.1. The number of benzene rings is 3. The van der Waals surface area contributed by atoms with Gasteiger partial charge in [-0.1, -0.05) is 36.4 Å². The van der Waals surface area contributed by atoms with Crippen LogP contribution in [0.5, 0.6) is 11.5 Å². The Hall–Kier alpha value is -5.50. The Morgan fingerprint density at radius 3 is 2.37 bits per heavy atom. The molecule has 0 aliphatic carbocycles. The van der Waals surface area contributed by atoms with Crippen LogP contribution in [0.4, 0.5) is 10.2 Å². The van der Waals surface area contributed by atoms with Gasteiger partial charge in [0, 0.05) is 49.1 Å². The molecule has 0 bridgehead atoms.